The Labute approximate surface area is 192 Å². The van der Waals surface area contributed by atoms with Crippen LogP contribution in [0.5, 0.6) is 5.75 Å². The van der Waals surface area contributed by atoms with E-state index in [0.717, 1.165) is 63.8 Å². The van der Waals surface area contributed by atoms with Gasteiger partial charge in [0, 0.05) is 26.2 Å². The zero-order valence-corrected chi connectivity index (χ0v) is 20.5. The molecule has 1 N–H and O–H groups in total. The van der Waals surface area contributed by atoms with Gasteiger partial charge in [-0.05, 0) is 49.8 Å². The zero-order valence-electron chi connectivity index (χ0n) is 18.1. The highest BCUT2D eigenvalue weighted by Crippen LogP contribution is 2.18. The van der Waals surface area contributed by atoms with Gasteiger partial charge in [-0.25, -0.2) is 0 Å². The number of carbonyl (C=O) groups is 1. The van der Waals surface area contributed by atoms with Crippen LogP contribution in [-0.4, -0.2) is 56.7 Å². The van der Waals surface area contributed by atoms with Crippen LogP contribution in [0.3, 0.4) is 0 Å². The second kappa shape index (κ2) is 13.7. The number of carbonyl (C=O) groups excluding carboxylic acids is 1. The van der Waals surface area contributed by atoms with E-state index in [0.29, 0.717) is 5.92 Å². The number of hydrogen-bond acceptors (Lipinski definition) is 4. The Morgan fingerprint density at radius 2 is 1.90 bits per heavy atom. The fourth-order valence-electron chi connectivity index (χ4n) is 3.23. The van der Waals surface area contributed by atoms with Crippen LogP contribution in [0.2, 0.25) is 0 Å². The van der Waals surface area contributed by atoms with Crippen LogP contribution in [0.25, 0.3) is 0 Å². The lowest BCUT2D eigenvalue weighted by atomic mass is 9.97. The molecule has 1 saturated heterocycles. The van der Waals surface area contributed by atoms with Crippen LogP contribution in [0.1, 0.15) is 39.2 Å². The van der Waals surface area contributed by atoms with E-state index in [1.165, 1.54) is 12.7 Å². The molecule has 0 spiro atoms. The minimum atomic E-state index is -0.0950. The standard InChI is InChI=1S/C22H35N3O3.HI/c1-5-23-22(25-14-11-19(12-15-25)21(26)27-4)24-13-10-18-6-8-20(9-7-18)28-16-17(2)3;/h6-9,17,19H,5,10-16H2,1-4H3,(H,23,24);1H. The molecule has 1 heterocycles. The maximum Gasteiger partial charge on any atom is 0.308 e. The first-order chi connectivity index (χ1) is 13.5. The molecule has 1 aromatic carbocycles. The van der Waals surface area contributed by atoms with E-state index in [4.69, 9.17) is 14.5 Å². The molecule has 1 aromatic rings. The third kappa shape index (κ3) is 8.80. The van der Waals surface area contributed by atoms with Gasteiger partial charge in [0.25, 0.3) is 0 Å². The molecule has 29 heavy (non-hydrogen) atoms. The summed E-state index contributed by atoms with van der Waals surface area (Å²) in [6.45, 7) is 10.3. The lowest BCUT2D eigenvalue weighted by Crippen LogP contribution is -2.46. The van der Waals surface area contributed by atoms with Gasteiger partial charge in [-0.1, -0.05) is 26.0 Å². The number of likely N-dealkylation sites (tertiary alicyclic amines) is 1. The van der Waals surface area contributed by atoms with Crippen molar-refractivity contribution < 1.29 is 14.3 Å². The van der Waals surface area contributed by atoms with Crippen molar-refractivity contribution in [1.29, 1.82) is 0 Å². The third-order valence-electron chi connectivity index (χ3n) is 4.83. The number of halogens is 1. The van der Waals surface area contributed by atoms with Gasteiger partial charge in [-0.2, -0.15) is 0 Å². The lowest BCUT2D eigenvalue weighted by Gasteiger charge is -2.33. The molecular formula is C22H36IN3O3. The molecule has 6 nitrogen and oxygen atoms in total. The Bertz CT molecular complexity index is 627. The molecular weight excluding hydrogens is 481 g/mol. The fraction of sp³-hybridized carbons (Fsp3) is 0.636. The molecule has 0 amide bonds. The summed E-state index contributed by atoms with van der Waals surface area (Å²) in [4.78, 5) is 18.7. The Morgan fingerprint density at radius 3 is 2.45 bits per heavy atom. The van der Waals surface area contributed by atoms with E-state index in [-0.39, 0.29) is 35.9 Å². The quantitative estimate of drug-likeness (QED) is 0.247. The largest absolute Gasteiger partial charge is 0.493 e. The van der Waals surface area contributed by atoms with E-state index in [1.54, 1.807) is 0 Å². The second-order valence-electron chi connectivity index (χ2n) is 7.62. The molecule has 7 heteroatoms. The predicted molar refractivity (Wildman–Crippen MR) is 128 cm³/mol. The number of ether oxygens (including phenoxy) is 2. The van der Waals surface area contributed by atoms with Gasteiger partial charge in [0.1, 0.15) is 5.75 Å². The first-order valence-corrected chi connectivity index (χ1v) is 10.4. The smallest absolute Gasteiger partial charge is 0.308 e. The number of guanidine groups is 1. The Morgan fingerprint density at radius 1 is 1.24 bits per heavy atom. The summed E-state index contributed by atoms with van der Waals surface area (Å²) < 4.78 is 10.6. The third-order valence-corrected chi connectivity index (χ3v) is 4.83. The van der Waals surface area contributed by atoms with E-state index in [2.05, 4.69) is 43.1 Å². The lowest BCUT2D eigenvalue weighted by molar-refractivity contribution is -0.146. The van der Waals surface area contributed by atoms with E-state index >= 15 is 0 Å². The van der Waals surface area contributed by atoms with Gasteiger partial charge in [-0.15, -0.1) is 24.0 Å². The summed E-state index contributed by atoms with van der Waals surface area (Å²) in [7, 11) is 1.46. The number of nitrogens with one attached hydrogen (secondary N) is 1. The summed E-state index contributed by atoms with van der Waals surface area (Å²) in [6.07, 6.45) is 2.52. The predicted octanol–water partition coefficient (Wildman–Crippen LogP) is 3.73. The van der Waals surface area contributed by atoms with Crippen LogP contribution in [0.15, 0.2) is 29.3 Å². The molecule has 0 aromatic heterocycles. The van der Waals surface area contributed by atoms with Gasteiger partial charge in [-0.3, -0.25) is 9.79 Å². The maximum absolute atomic E-state index is 11.7. The van der Waals surface area contributed by atoms with Gasteiger partial charge in [0.05, 0.1) is 19.6 Å². The molecule has 0 unspecified atom stereocenters. The number of piperidine rings is 1. The van der Waals surface area contributed by atoms with Crippen LogP contribution < -0.4 is 10.1 Å². The zero-order chi connectivity index (χ0) is 20.4. The summed E-state index contributed by atoms with van der Waals surface area (Å²) >= 11 is 0. The monoisotopic (exact) mass is 517 g/mol. The van der Waals surface area contributed by atoms with Crippen molar-refractivity contribution in [2.75, 3.05) is 39.9 Å². The number of methoxy groups -OCH3 is 1. The highest BCUT2D eigenvalue weighted by atomic mass is 127. The van der Waals surface area contributed by atoms with Crippen LogP contribution >= 0.6 is 24.0 Å². The fourth-order valence-corrected chi connectivity index (χ4v) is 3.23. The molecule has 0 radical (unpaired) electrons. The highest BCUT2D eigenvalue weighted by Gasteiger charge is 2.26. The van der Waals surface area contributed by atoms with Crippen molar-refractivity contribution in [2.24, 2.45) is 16.8 Å². The van der Waals surface area contributed by atoms with Gasteiger partial charge >= 0.3 is 5.97 Å². The normalized spacial score (nSPS) is 15.1. The Balaban J connectivity index is 0.00000420. The van der Waals surface area contributed by atoms with E-state index < -0.39 is 0 Å². The van der Waals surface area contributed by atoms with Crippen molar-refractivity contribution in [2.45, 2.75) is 40.0 Å². The van der Waals surface area contributed by atoms with Gasteiger partial charge < -0.3 is 19.7 Å². The molecule has 1 aliphatic rings. The summed E-state index contributed by atoms with van der Waals surface area (Å²) in [5.74, 6) is 2.30. The first kappa shape index (κ1) is 25.5. The molecule has 164 valence electrons. The van der Waals surface area contributed by atoms with E-state index in [9.17, 15) is 4.79 Å². The van der Waals surface area contributed by atoms with Crippen molar-refractivity contribution >= 4 is 35.9 Å². The first-order valence-electron chi connectivity index (χ1n) is 10.4. The molecule has 2 rings (SSSR count). The van der Waals surface area contributed by atoms with Gasteiger partial charge in [0.2, 0.25) is 0 Å². The average Bonchev–Trinajstić information content (AvgIpc) is 2.72. The Hall–Kier alpha value is -1.51. The van der Waals surface area contributed by atoms with E-state index in [1.807, 2.05) is 12.1 Å². The van der Waals surface area contributed by atoms with Crippen LogP contribution in [-0.2, 0) is 16.0 Å². The van der Waals surface area contributed by atoms with Crippen molar-refractivity contribution in [1.82, 2.24) is 10.2 Å². The Kier molecular flexibility index (Phi) is 12.0. The molecule has 0 bridgehead atoms. The molecule has 0 aliphatic carbocycles. The van der Waals surface area contributed by atoms with Crippen molar-refractivity contribution in [3.63, 3.8) is 0 Å². The van der Waals surface area contributed by atoms with Crippen molar-refractivity contribution in [3.05, 3.63) is 29.8 Å². The van der Waals surface area contributed by atoms with Crippen LogP contribution in [0, 0.1) is 11.8 Å². The number of benzene rings is 1. The minimum Gasteiger partial charge on any atom is -0.493 e. The topological polar surface area (TPSA) is 63.2 Å². The number of esters is 1. The second-order valence-corrected chi connectivity index (χ2v) is 7.62. The average molecular weight is 517 g/mol. The van der Waals surface area contributed by atoms with Crippen LogP contribution in [0.4, 0.5) is 0 Å². The molecule has 0 saturated carbocycles. The molecule has 0 atom stereocenters. The maximum atomic E-state index is 11.7. The number of nitrogens with zero attached hydrogens (tertiary/aromatic N) is 2. The number of hydrogen-bond donors (Lipinski definition) is 1. The summed E-state index contributed by atoms with van der Waals surface area (Å²) in [6, 6.07) is 8.29. The SMILES string of the molecule is CCNC(=NCCc1ccc(OCC(C)C)cc1)N1CCC(C(=O)OC)CC1.I. The number of rotatable bonds is 8. The summed E-state index contributed by atoms with van der Waals surface area (Å²) in [5.41, 5.74) is 1.25. The van der Waals surface area contributed by atoms with Crippen molar-refractivity contribution in [3.8, 4) is 5.75 Å². The number of aliphatic imine (C=N–C) groups is 1. The molecule has 1 fully saturated rings. The minimum absolute atomic E-state index is 0. The highest BCUT2D eigenvalue weighted by molar-refractivity contribution is 14.0. The summed E-state index contributed by atoms with van der Waals surface area (Å²) in [5, 5.41) is 3.37. The van der Waals surface area contributed by atoms with Gasteiger partial charge in [0.15, 0.2) is 5.96 Å². The molecule has 1 aliphatic heterocycles.